The summed E-state index contributed by atoms with van der Waals surface area (Å²) < 4.78 is 38.3. The van der Waals surface area contributed by atoms with Gasteiger partial charge in [-0.1, -0.05) is 6.07 Å². The minimum Gasteiger partial charge on any atom is -0.373 e. The molecule has 0 unspecified atom stereocenters. The number of nitrogens with one attached hydrogen (secondary N) is 2. The molecule has 0 aliphatic carbocycles. The van der Waals surface area contributed by atoms with Crippen LogP contribution in [-0.2, 0) is 6.18 Å². The van der Waals surface area contributed by atoms with E-state index < -0.39 is 12.0 Å². The summed E-state index contributed by atoms with van der Waals surface area (Å²) in [5.74, 6) is -0.991. The molecule has 0 amide bonds. The van der Waals surface area contributed by atoms with Crippen molar-refractivity contribution in [3.63, 3.8) is 0 Å². The number of aryl methyl sites for hydroxylation is 2. The molecule has 7 heteroatoms. The van der Waals surface area contributed by atoms with Crippen molar-refractivity contribution in [1.29, 1.82) is 0 Å². The number of alkyl halides is 3. The first-order chi connectivity index (χ1) is 9.79. The molecule has 0 aliphatic rings. The third-order valence-corrected chi connectivity index (χ3v) is 3.02. The van der Waals surface area contributed by atoms with Gasteiger partial charge in [-0.05, 0) is 37.1 Å². The lowest BCUT2D eigenvalue weighted by Gasteiger charge is -2.12. The molecule has 1 aromatic carbocycles. The maximum atomic E-state index is 12.8. The van der Waals surface area contributed by atoms with Crippen molar-refractivity contribution in [2.24, 2.45) is 0 Å². The van der Waals surface area contributed by atoms with Crippen LogP contribution in [0.5, 0.6) is 0 Å². The van der Waals surface area contributed by atoms with Crippen LogP contribution >= 0.6 is 0 Å². The van der Waals surface area contributed by atoms with E-state index in [0.717, 1.165) is 11.1 Å². The van der Waals surface area contributed by atoms with Crippen LogP contribution in [0.25, 0.3) is 0 Å². The van der Waals surface area contributed by atoms with Gasteiger partial charge in [-0.3, -0.25) is 0 Å². The number of anilines is 3. The topological polar surface area (TPSA) is 49.8 Å². The zero-order valence-corrected chi connectivity index (χ0v) is 11.8. The zero-order valence-electron chi connectivity index (χ0n) is 11.8. The maximum absolute atomic E-state index is 12.8. The number of halogens is 3. The van der Waals surface area contributed by atoms with E-state index in [9.17, 15) is 13.2 Å². The molecule has 112 valence electrons. The van der Waals surface area contributed by atoms with Gasteiger partial charge in [0.05, 0.1) is 0 Å². The SMILES string of the molecule is CNc1cc(Nc2ccc(C)c(C)c2)nc(C(F)(F)F)n1. The highest BCUT2D eigenvalue weighted by Crippen LogP contribution is 2.29. The molecule has 2 rings (SSSR count). The average Bonchev–Trinajstić information content (AvgIpc) is 2.41. The lowest BCUT2D eigenvalue weighted by molar-refractivity contribution is -0.144. The highest BCUT2D eigenvalue weighted by atomic mass is 19.4. The first-order valence-electron chi connectivity index (χ1n) is 6.28. The Kier molecular flexibility index (Phi) is 4.02. The molecule has 0 aliphatic heterocycles. The molecule has 0 bridgehead atoms. The highest BCUT2D eigenvalue weighted by Gasteiger charge is 2.35. The van der Waals surface area contributed by atoms with Crippen LogP contribution in [0.3, 0.4) is 0 Å². The largest absolute Gasteiger partial charge is 0.451 e. The Labute approximate surface area is 120 Å². The van der Waals surface area contributed by atoms with Crippen LogP contribution in [0.2, 0.25) is 0 Å². The van der Waals surface area contributed by atoms with Gasteiger partial charge in [0.15, 0.2) is 0 Å². The molecule has 0 saturated carbocycles. The minimum atomic E-state index is -4.59. The summed E-state index contributed by atoms with van der Waals surface area (Å²) in [6, 6.07) is 6.95. The molecule has 0 radical (unpaired) electrons. The molecule has 1 heterocycles. The molecule has 0 fully saturated rings. The first-order valence-corrected chi connectivity index (χ1v) is 6.28. The Morgan fingerprint density at radius 3 is 2.19 bits per heavy atom. The number of nitrogens with zero attached hydrogens (tertiary/aromatic N) is 2. The van der Waals surface area contributed by atoms with Gasteiger partial charge in [0.1, 0.15) is 11.6 Å². The molecule has 21 heavy (non-hydrogen) atoms. The third kappa shape index (κ3) is 3.62. The van der Waals surface area contributed by atoms with Gasteiger partial charge < -0.3 is 10.6 Å². The summed E-state index contributed by atoms with van der Waals surface area (Å²) >= 11 is 0. The van der Waals surface area contributed by atoms with Gasteiger partial charge in [-0.15, -0.1) is 0 Å². The van der Waals surface area contributed by atoms with Gasteiger partial charge in [-0.2, -0.15) is 13.2 Å². The van der Waals surface area contributed by atoms with Crippen LogP contribution in [0, 0.1) is 13.8 Å². The molecule has 4 nitrogen and oxygen atoms in total. The predicted octanol–water partition coefficient (Wildman–Crippen LogP) is 3.90. The summed E-state index contributed by atoms with van der Waals surface area (Å²) in [5, 5.41) is 5.46. The average molecular weight is 296 g/mol. The van der Waals surface area contributed by atoms with E-state index in [1.807, 2.05) is 26.0 Å². The van der Waals surface area contributed by atoms with E-state index in [4.69, 9.17) is 0 Å². The van der Waals surface area contributed by atoms with Gasteiger partial charge >= 0.3 is 6.18 Å². The van der Waals surface area contributed by atoms with E-state index in [2.05, 4.69) is 20.6 Å². The Morgan fingerprint density at radius 1 is 0.952 bits per heavy atom. The van der Waals surface area contributed by atoms with Crippen LogP contribution in [0.4, 0.5) is 30.5 Å². The molecule has 2 aromatic rings. The van der Waals surface area contributed by atoms with E-state index in [1.165, 1.54) is 13.1 Å². The van der Waals surface area contributed by atoms with Crippen molar-refractivity contribution >= 4 is 17.3 Å². The second kappa shape index (κ2) is 5.59. The van der Waals surface area contributed by atoms with Crippen molar-refractivity contribution in [2.45, 2.75) is 20.0 Å². The van der Waals surface area contributed by atoms with Crippen LogP contribution in [0.1, 0.15) is 17.0 Å². The van der Waals surface area contributed by atoms with Gasteiger partial charge in [0.25, 0.3) is 0 Å². The van der Waals surface area contributed by atoms with Crippen molar-refractivity contribution < 1.29 is 13.2 Å². The van der Waals surface area contributed by atoms with Crippen molar-refractivity contribution in [3.8, 4) is 0 Å². The first kappa shape index (κ1) is 15.1. The Balaban J connectivity index is 2.36. The third-order valence-electron chi connectivity index (χ3n) is 3.02. The second-order valence-electron chi connectivity index (χ2n) is 4.63. The number of rotatable bonds is 3. The van der Waals surface area contributed by atoms with Crippen LogP contribution in [-0.4, -0.2) is 17.0 Å². The number of hydrogen-bond acceptors (Lipinski definition) is 4. The van der Waals surface area contributed by atoms with E-state index in [1.54, 1.807) is 6.07 Å². The predicted molar refractivity (Wildman–Crippen MR) is 75.8 cm³/mol. The smallest absolute Gasteiger partial charge is 0.373 e. The minimum absolute atomic E-state index is 0.0879. The summed E-state index contributed by atoms with van der Waals surface area (Å²) in [4.78, 5) is 6.92. The van der Waals surface area contributed by atoms with Crippen molar-refractivity contribution in [2.75, 3.05) is 17.7 Å². The zero-order chi connectivity index (χ0) is 15.6. The Bertz CT molecular complexity index is 653. The standard InChI is InChI=1S/C14H15F3N4/c1-8-4-5-10(6-9(8)2)19-12-7-11(18-3)20-13(21-12)14(15,16)17/h4-7H,1-3H3,(H2,18,19,20,21). The van der Waals surface area contributed by atoms with E-state index in [-0.39, 0.29) is 11.6 Å². The lowest BCUT2D eigenvalue weighted by Crippen LogP contribution is -2.13. The Morgan fingerprint density at radius 2 is 1.62 bits per heavy atom. The molecular formula is C14H15F3N4. The second-order valence-corrected chi connectivity index (χ2v) is 4.63. The highest BCUT2D eigenvalue weighted by molar-refractivity contribution is 5.60. The molecular weight excluding hydrogens is 281 g/mol. The lowest BCUT2D eigenvalue weighted by atomic mass is 10.1. The monoisotopic (exact) mass is 296 g/mol. The van der Waals surface area contributed by atoms with Gasteiger partial charge in [0.2, 0.25) is 5.82 Å². The van der Waals surface area contributed by atoms with Gasteiger partial charge in [-0.25, -0.2) is 9.97 Å². The summed E-state index contributed by atoms with van der Waals surface area (Å²) in [6.45, 7) is 3.89. The van der Waals surface area contributed by atoms with Crippen LogP contribution < -0.4 is 10.6 Å². The fraction of sp³-hybridized carbons (Fsp3) is 0.286. The molecule has 0 atom stereocenters. The molecule has 1 aromatic heterocycles. The summed E-state index contributed by atoms with van der Waals surface area (Å²) in [7, 11) is 1.50. The fourth-order valence-corrected chi connectivity index (χ4v) is 1.73. The fourth-order valence-electron chi connectivity index (χ4n) is 1.73. The number of hydrogen-bond donors (Lipinski definition) is 2. The van der Waals surface area contributed by atoms with E-state index in [0.29, 0.717) is 5.69 Å². The normalized spacial score (nSPS) is 11.3. The van der Waals surface area contributed by atoms with Crippen molar-refractivity contribution in [1.82, 2.24) is 9.97 Å². The maximum Gasteiger partial charge on any atom is 0.451 e. The van der Waals surface area contributed by atoms with Crippen LogP contribution in [0.15, 0.2) is 24.3 Å². The van der Waals surface area contributed by atoms with Gasteiger partial charge in [0, 0.05) is 18.8 Å². The molecule has 2 N–H and O–H groups in total. The molecule has 0 saturated heterocycles. The quantitative estimate of drug-likeness (QED) is 0.902. The Hall–Kier alpha value is -2.31. The van der Waals surface area contributed by atoms with E-state index >= 15 is 0 Å². The molecule has 0 spiro atoms. The van der Waals surface area contributed by atoms with Crippen molar-refractivity contribution in [3.05, 3.63) is 41.2 Å². The number of benzene rings is 1. The number of aromatic nitrogens is 2. The summed E-state index contributed by atoms with van der Waals surface area (Å²) in [6.07, 6.45) is -4.59. The summed E-state index contributed by atoms with van der Waals surface area (Å²) in [5.41, 5.74) is 2.82.